The summed E-state index contributed by atoms with van der Waals surface area (Å²) in [5.74, 6) is 1.52. The fourth-order valence-corrected chi connectivity index (χ4v) is 4.93. The van der Waals surface area contributed by atoms with Crippen LogP contribution in [0.5, 0.6) is 5.75 Å². The molecule has 0 bridgehead atoms. The molecule has 2 aliphatic heterocycles. The van der Waals surface area contributed by atoms with Gasteiger partial charge in [-0.1, -0.05) is 6.92 Å². The van der Waals surface area contributed by atoms with Crippen molar-refractivity contribution < 1.29 is 18.7 Å². The highest BCUT2D eigenvalue weighted by Crippen LogP contribution is 2.44. The van der Waals surface area contributed by atoms with Gasteiger partial charge in [0.05, 0.1) is 19.9 Å². The zero-order chi connectivity index (χ0) is 22.2. The summed E-state index contributed by atoms with van der Waals surface area (Å²) < 4.78 is 10.6. The van der Waals surface area contributed by atoms with Gasteiger partial charge in [-0.3, -0.25) is 14.5 Å². The van der Waals surface area contributed by atoms with Gasteiger partial charge in [-0.15, -0.1) is 0 Å². The summed E-state index contributed by atoms with van der Waals surface area (Å²) >= 11 is 0. The van der Waals surface area contributed by atoms with Crippen LogP contribution in [0, 0.1) is 0 Å². The van der Waals surface area contributed by atoms with Crippen LogP contribution < -0.4 is 9.64 Å². The van der Waals surface area contributed by atoms with Gasteiger partial charge in [0, 0.05) is 37.4 Å². The van der Waals surface area contributed by atoms with Gasteiger partial charge in [-0.25, -0.2) is 0 Å². The predicted octanol–water partition coefficient (Wildman–Crippen LogP) is 3.37. The maximum Gasteiger partial charge on any atom is 0.289 e. The van der Waals surface area contributed by atoms with Crippen molar-refractivity contribution in [2.24, 2.45) is 0 Å². The van der Waals surface area contributed by atoms with Crippen LogP contribution in [0.2, 0.25) is 0 Å². The number of anilines is 1. The van der Waals surface area contributed by atoms with Crippen LogP contribution >= 0.6 is 0 Å². The fourth-order valence-electron chi connectivity index (χ4n) is 4.93. The number of rotatable bonds is 4. The summed E-state index contributed by atoms with van der Waals surface area (Å²) in [6.07, 6.45) is 2.40. The third kappa shape index (κ3) is 4.19. The summed E-state index contributed by atoms with van der Waals surface area (Å²) in [7, 11) is 1.67. The van der Waals surface area contributed by atoms with E-state index in [1.807, 2.05) is 17.0 Å². The molecule has 1 fully saturated rings. The molecule has 2 aromatic rings. The van der Waals surface area contributed by atoms with E-state index in [-0.39, 0.29) is 17.4 Å². The summed E-state index contributed by atoms with van der Waals surface area (Å²) in [5.41, 5.74) is 1.86. The topological polar surface area (TPSA) is 66.2 Å². The first-order valence-electron chi connectivity index (χ1n) is 10.9. The quantitative estimate of drug-likeness (QED) is 0.752. The van der Waals surface area contributed by atoms with E-state index in [9.17, 15) is 9.59 Å². The smallest absolute Gasteiger partial charge is 0.289 e. The Hall–Kier alpha value is -2.80. The first-order valence-corrected chi connectivity index (χ1v) is 10.9. The van der Waals surface area contributed by atoms with Crippen LogP contribution in [-0.4, -0.2) is 67.0 Å². The number of ether oxygens (including phenoxy) is 1. The number of methoxy groups -OCH3 is 1. The Labute approximate surface area is 183 Å². The number of furan rings is 1. The predicted molar refractivity (Wildman–Crippen MR) is 119 cm³/mol. The van der Waals surface area contributed by atoms with Crippen molar-refractivity contribution in [1.29, 1.82) is 0 Å². The van der Waals surface area contributed by atoms with Crippen LogP contribution in [0.25, 0.3) is 0 Å². The van der Waals surface area contributed by atoms with E-state index < -0.39 is 0 Å². The second-order valence-corrected chi connectivity index (χ2v) is 9.12. The van der Waals surface area contributed by atoms with E-state index in [0.717, 1.165) is 23.4 Å². The molecular weight excluding hydrogens is 394 g/mol. The van der Waals surface area contributed by atoms with Crippen molar-refractivity contribution >= 4 is 17.5 Å². The van der Waals surface area contributed by atoms with E-state index in [1.54, 1.807) is 24.1 Å². The van der Waals surface area contributed by atoms with Crippen LogP contribution in [0.1, 0.15) is 49.2 Å². The average molecular weight is 426 g/mol. The molecule has 2 aliphatic rings. The lowest BCUT2D eigenvalue weighted by molar-refractivity contribution is -0.121. The van der Waals surface area contributed by atoms with E-state index in [0.29, 0.717) is 44.4 Å². The number of carbonyl (C=O) groups is 2. The molecule has 7 heteroatoms. The first kappa shape index (κ1) is 21.4. The molecule has 4 rings (SSSR count). The van der Waals surface area contributed by atoms with Crippen LogP contribution in [0.3, 0.4) is 0 Å². The highest BCUT2D eigenvalue weighted by Gasteiger charge is 2.40. The number of amides is 2. The third-order valence-electron chi connectivity index (χ3n) is 6.42. The summed E-state index contributed by atoms with van der Waals surface area (Å²) in [6, 6.07) is 9.38. The molecule has 0 N–H and O–H groups in total. The summed E-state index contributed by atoms with van der Waals surface area (Å²) in [5, 5.41) is 0. The molecule has 0 unspecified atom stereocenters. The molecular formula is C24H31N3O4. The van der Waals surface area contributed by atoms with E-state index in [4.69, 9.17) is 9.15 Å². The Morgan fingerprint density at radius 3 is 2.55 bits per heavy atom. The number of benzene rings is 1. The Morgan fingerprint density at radius 1 is 1.16 bits per heavy atom. The molecule has 31 heavy (non-hydrogen) atoms. The molecule has 1 aromatic heterocycles. The van der Waals surface area contributed by atoms with Crippen LogP contribution in [0.4, 0.5) is 5.69 Å². The van der Waals surface area contributed by atoms with Gasteiger partial charge in [-0.2, -0.15) is 0 Å². The normalized spacial score (nSPS) is 21.0. The van der Waals surface area contributed by atoms with Gasteiger partial charge >= 0.3 is 0 Å². The zero-order valence-corrected chi connectivity index (χ0v) is 18.8. The monoisotopic (exact) mass is 425 g/mol. The van der Waals surface area contributed by atoms with Gasteiger partial charge < -0.3 is 19.0 Å². The molecule has 1 aromatic carbocycles. The summed E-state index contributed by atoms with van der Waals surface area (Å²) in [4.78, 5) is 31.8. The minimum absolute atomic E-state index is 0.0918. The Bertz CT molecular complexity index is 946. The average Bonchev–Trinajstić information content (AvgIpc) is 3.28. The molecule has 2 amide bonds. The van der Waals surface area contributed by atoms with E-state index in [1.165, 1.54) is 6.26 Å². The molecule has 0 spiro atoms. The number of carbonyl (C=O) groups excluding carboxylic acids is 2. The lowest BCUT2D eigenvalue weighted by Gasteiger charge is -2.47. The minimum Gasteiger partial charge on any atom is -0.497 e. The Balaban J connectivity index is 1.45. The molecule has 0 saturated carbocycles. The lowest BCUT2D eigenvalue weighted by atomic mass is 9.80. The van der Waals surface area contributed by atoms with Gasteiger partial charge in [0.1, 0.15) is 5.75 Å². The standard InChI is InChI=1S/C24H31N3O4/c1-17-15-24(2,3)27(20-8-7-18(30-4)14-19(17)20)22(28)16-25-9-11-26(12-10-25)23(29)21-6-5-13-31-21/h5-8,13-14,17H,9-12,15-16H2,1-4H3/t17-/m1/s1. The van der Waals surface area contributed by atoms with Crippen molar-refractivity contribution in [3.8, 4) is 5.75 Å². The number of hydrogen-bond acceptors (Lipinski definition) is 5. The summed E-state index contributed by atoms with van der Waals surface area (Å²) in [6.45, 7) is 9.31. The second-order valence-electron chi connectivity index (χ2n) is 9.12. The highest BCUT2D eigenvalue weighted by atomic mass is 16.5. The largest absolute Gasteiger partial charge is 0.497 e. The maximum atomic E-state index is 13.5. The van der Waals surface area contributed by atoms with Gasteiger partial charge in [0.2, 0.25) is 5.91 Å². The van der Waals surface area contributed by atoms with E-state index >= 15 is 0 Å². The van der Waals surface area contributed by atoms with Gasteiger partial charge in [0.15, 0.2) is 5.76 Å². The number of hydrogen-bond donors (Lipinski definition) is 0. The molecule has 7 nitrogen and oxygen atoms in total. The SMILES string of the molecule is COc1ccc2c(c1)[C@H](C)CC(C)(C)N2C(=O)CN1CCN(C(=O)c2ccco2)CC1. The number of fused-ring (bicyclic) bond motifs is 1. The van der Waals surface area contributed by atoms with Crippen molar-refractivity contribution in [3.05, 3.63) is 47.9 Å². The third-order valence-corrected chi connectivity index (χ3v) is 6.42. The van der Waals surface area contributed by atoms with Crippen molar-refractivity contribution in [2.75, 3.05) is 44.7 Å². The highest BCUT2D eigenvalue weighted by molar-refractivity contribution is 5.97. The van der Waals surface area contributed by atoms with Crippen molar-refractivity contribution in [2.45, 2.75) is 38.6 Å². The van der Waals surface area contributed by atoms with E-state index in [2.05, 4.69) is 31.7 Å². The lowest BCUT2D eigenvalue weighted by Crippen LogP contribution is -2.56. The molecule has 0 radical (unpaired) electrons. The zero-order valence-electron chi connectivity index (χ0n) is 18.8. The molecule has 166 valence electrons. The Kier molecular flexibility index (Phi) is 5.79. The minimum atomic E-state index is -0.269. The Morgan fingerprint density at radius 2 is 1.90 bits per heavy atom. The fraction of sp³-hybridized carbons (Fsp3) is 0.500. The maximum absolute atomic E-state index is 13.5. The molecule has 3 heterocycles. The number of piperazine rings is 1. The second kappa shape index (κ2) is 8.38. The molecule has 1 atom stereocenters. The van der Waals surface area contributed by atoms with Gasteiger partial charge in [-0.05, 0) is 62.1 Å². The number of nitrogens with zero attached hydrogens (tertiary/aromatic N) is 3. The van der Waals surface area contributed by atoms with Crippen molar-refractivity contribution in [3.63, 3.8) is 0 Å². The van der Waals surface area contributed by atoms with Crippen molar-refractivity contribution in [1.82, 2.24) is 9.80 Å². The molecule has 0 aliphatic carbocycles. The van der Waals surface area contributed by atoms with Crippen LogP contribution in [-0.2, 0) is 4.79 Å². The van der Waals surface area contributed by atoms with Crippen LogP contribution in [0.15, 0.2) is 41.0 Å². The first-order chi connectivity index (χ1) is 14.8. The molecule has 1 saturated heterocycles. The van der Waals surface area contributed by atoms with Gasteiger partial charge in [0.25, 0.3) is 5.91 Å².